The Morgan fingerprint density at radius 1 is 0.964 bits per heavy atom. The molecule has 0 bridgehead atoms. The van der Waals surface area contributed by atoms with E-state index in [0.29, 0.717) is 17.2 Å². The molecule has 10 heteroatoms. The third kappa shape index (κ3) is 5.93. The molecule has 0 aliphatic carbocycles. The van der Waals surface area contributed by atoms with E-state index in [9.17, 15) is 14.4 Å². The Labute approximate surface area is 163 Å². The zero-order valence-electron chi connectivity index (χ0n) is 16.9. The second kappa shape index (κ2) is 10.9. The van der Waals surface area contributed by atoms with Gasteiger partial charge in [0.1, 0.15) is 6.04 Å². The van der Waals surface area contributed by atoms with Gasteiger partial charge in [0.15, 0.2) is 11.5 Å². The monoisotopic (exact) mass is 397 g/mol. The number of carbonyl (C=O) groups excluding carboxylic acids is 3. The summed E-state index contributed by atoms with van der Waals surface area (Å²) >= 11 is 0. The van der Waals surface area contributed by atoms with Crippen molar-refractivity contribution >= 4 is 17.9 Å². The van der Waals surface area contributed by atoms with Gasteiger partial charge in [0.2, 0.25) is 5.75 Å². The van der Waals surface area contributed by atoms with Crippen LogP contribution < -0.4 is 30.4 Å². The molecule has 1 aromatic carbocycles. The summed E-state index contributed by atoms with van der Waals surface area (Å²) < 4.78 is 20.4. The normalized spacial score (nSPS) is 11.2. The number of nitrogens with one attached hydrogen (secondary N) is 3. The maximum Gasteiger partial charge on any atom is 0.407 e. The molecule has 0 heterocycles. The van der Waals surface area contributed by atoms with Gasteiger partial charge in [-0.05, 0) is 25.0 Å². The van der Waals surface area contributed by atoms with E-state index >= 15 is 0 Å². The number of hydrogen-bond acceptors (Lipinski definition) is 7. The summed E-state index contributed by atoms with van der Waals surface area (Å²) in [5, 5.41) is 2.45. The van der Waals surface area contributed by atoms with E-state index < -0.39 is 23.9 Å². The number of amides is 3. The van der Waals surface area contributed by atoms with Crippen molar-refractivity contribution < 1.29 is 33.3 Å². The molecule has 3 N–H and O–H groups in total. The van der Waals surface area contributed by atoms with Crippen molar-refractivity contribution in [1.82, 2.24) is 16.2 Å². The maximum absolute atomic E-state index is 12.4. The van der Waals surface area contributed by atoms with E-state index in [1.54, 1.807) is 20.8 Å². The molecular formula is C18H27N3O7. The average molecular weight is 397 g/mol. The second-order valence-electron chi connectivity index (χ2n) is 5.94. The smallest absolute Gasteiger partial charge is 0.407 e. The summed E-state index contributed by atoms with van der Waals surface area (Å²) in [6.45, 7) is 5.33. The lowest BCUT2D eigenvalue weighted by molar-refractivity contribution is -0.124. The second-order valence-corrected chi connectivity index (χ2v) is 5.94. The molecule has 0 aliphatic heterocycles. The van der Waals surface area contributed by atoms with Crippen LogP contribution in [0, 0.1) is 5.92 Å². The van der Waals surface area contributed by atoms with Crippen LogP contribution in [0.3, 0.4) is 0 Å². The average Bonchev–Trinajstić information content (AvgIpc) is 2.68. The Kier molecular flexibility index (Phi) is 8.86. The molecule has 0 fully saturated rings. The molecule has 0 aromatic heterocycles. The zero-order chi connectivity index (χ0) is 21.3. The molecule has 10 nitrogen and oxygen atoms in total. The minimum absolute atomic E-state index is 0.175. The van der Waals surface area contributed by atoms with Gasteiger partial charge in [-0.15, -0.1) is 0 Å². The summed E-state index contributed by atoms with van der Waals surface area (Å²) in [4.78, 5) is 36.3. The van der Waals surface area contributed by atoms with E-state index in [-0.39, 0.29) is 18.1 Å². The largest absolute Gasteiger partial charge is 0.493 e. The van der Waals surface area contributed by atoms with Crippen molar-refractivity contribution in [2.45, 2.75) is 26.8 Å². The maximum atomic E-state index is 12.4. The number of methoxy groups -OCH3 is 3. The van der Waals surface area contributed by atoms with Crippen LogP contribution in [0.15, 0.2) is 12.1 Å². The van der Waals surface area contributed by atoms with E-state index in [4.69, 9.17) is 18.9 Å². The van der Waals surface area contributed by atoms with Crippen molar-refractivity contribution in [3.05, 3.63) is 17.7 Å². The molecule has 0 saturated heterocycles. The van der Waals surface area contributed by atoms with Gasteiger partial charge in [0, 0.05) is 5.56 Å². The Bertz CT molecular complexity index is 681. The zero-order valence-corrected chi connectivity index (χ0v) is 16.9. The highest BCUT2D eigenvalue weighted by molar-refractivity contribution is 5.97. The molecule has 0 unspecified atom stereocenters. The van der Waals surface area contributed by atoms with Gasteiger partial charge in [-0.1, -0.05) is 13.8 Å². The first-order valence-electron chi connectivity index (χ1n) is 8.62. The van der Waals surface area contributed by atoms with Gasteiger partial charge in [0.05, 0.1) is 27.9 Å². The predicted octanol–water partition coefficient (Wildman–Crippen LogP) is 1.24. The molecule has 28 heavy (non-hydrogen) atoms. The van der Waals surface area contributed by atoms with E-state index in [0.717, 1.165) is 0 Å². The Balaban J connectivity index is 2.87. The SMILES string of the molecule is CCOC(=O)N[C@H](C(=O)NNC(=O)c1cc(OC)c(OC)c(OC)c1)C(C)C. The summed E-state index contributed by atoms with van der Waals surface area (Å²) in [5.74, 6) is -0.508. The molecule has 0 spiro atoms. The number of benzene rings is 1. The van der Waals surface area contributed by atoms with E-state index in [1.807, 2.05) is 0 Å². The molecule has 0 saturated carbocycles. The molecule has 156 valence electrons. The molecule has 1 rings (SSSR count). The van der Waals surface area contributed by atoms with Gasteiger partial charge >= 0.3 is 6.09 Å². The van der Waals surface area contributed by atoms with Gasteiger partial charge in [0.25, 0.3) is 11.8 Å². The van der Waals surface area contributed by atoms with Gasteiger partial charge < -0.3 is 24.3 Å². The highest BCUT2D eigenvalue weighted by Gasteiger charge is 2.25. The summed E-state index contributed by atoms with van der Waals surface area (Å²) in [7, 11) is 4.30. The standard InChI is InChI=1S/C18H27N3O7/c1-7-28-18(24)19-14(10(2)3)17(23)21-20-16(22)11-8-12(25-4)15(27-6)13(9-11)26-5/h8-10,14H,7H2,1-6H3,(H,19,24)(H,20,22)(H,21,23)/t14-/m0/s1. The van der Waals surface area contributed by atoms with Crippen LogP contribution in [0.2, 0.25) is 0 Å². The lowest BCUT2D eigenvalue weighted by atomic mass is 10.0. The summed E-state index contributed by atoms with van der Waals surface area (Å²) in [6, 6.07) is 2.00. The first-order valence-corrected chi connectivity index (χ1v) is 8.62. The summed E-state index contributed by atoms with van der Waals surface area (Å²) in [6.07, 6.45) is -0.715. The quantitative estimate of drug-likeness (QED) is 0.564. The fourth-order valence-electron chi connectivity index (χ4n) is 2.32. The highest BCUT2D eigenvalue weighted by Crippen LogP contribution is 2.38. The first kappa shape index (κ1) is 22.9. The van der Waals surface area contributed by atoms with E-state index in [2.05, 4.69) is 16.2 Å². The fourth-order valence-corrected chi connectivity index (χ4v) is 2.32. The van der Waals surface area contributed by atoms with Gasteiger partial charge in [-0.25, -0.2) is 4.79 Å². The third-order valence-corrected chi connectivity index (χ3v) is 3.72. The van der Waals surface area contributed by atoms with Crippen LogP contribution in [-0.4, -0.2) is 51.9 Å². The van der Waals surface area contributed by atoms with Crippen LogP contribution >= 0.6 is 0 Å². The molecule has 0 radical (unpaired) electrons. The number of alkyl carbamates (subject to hydrolysis) is 1. The van der Waals surface area contributed by atoms with Crippen molar-refractivity contribution in [2.24, 2.45) is 5.92 Å². The van der Waals surface area contributed by atoms with Crippen molar-refractivity contribution in [3.8, 4) is 17.2 Å². The van der Waals surface area contributed by atoms with Gasteiger partial charge in [-0.2, -0.15) is 0 Å². The number of hydrogen-bond donors (Lipinski definition) is 3. The Hall–Kier alpha value is -3.17. The van der Waals surface area contributed by atoms with E-state index in [1.165, 1.54) is 33.5 Å². The topological polar surface area (TPSA) is 124 Å². The van der Waals surface area contributed by atoms with Crippen molar-refractivity contribution in [1.29, 1.82) is 0 Å². The van der Waals surface area contributed by atoms with Crippen LogP contribution in [0.1, 0.15) is 31.1 Å². The summed E-state index contributed by atoms with van der Waals surface area (Å²) in [5.41, 5.74) is 4.76. The van der Waals surface area contributed by atoms with Crippen LogP contribution in [0.25, 0.3) is 0 Å². The minimum atomic E-state index is -0.890. The third-order valence-electron chi connectivity index (χ3n) is 3.72. The molecule has 1 aromatic rings. The number of carbonyl (C=O) groups is 3. The van der Waals surface area contributed by atoms with Crippen LogP contribution in [0.5, 0.6) is 17.2 Å². The van der Waals surface area contributed by atoms with Crippen LogP contribution in [0.4, 0.5) is 4.79 Å². The van der Waals surface area contributed by atoms with Crippen molar-refractivity contribution in [3.63, 3.8) is 0 Å². The van der Waals surface area contributed by atoms with Gasteiger partial charge in [-0.3, -0.25) is 20.4 Å². The van der Waals surface area contributed by atoms with Crippen molar-refractivity contribution in [2.75, 3.05) is 27.9 Å². The van der Waals surface area contributed by atoms with Crippen LogP contribution in [-0.2, 0) is 9.53 Å². The predicted molar refractivity (Wildman–Crippen MR) is 100 cm³/mol. The molecule has 0 aliphatic rings. The Morgan fingerprint density at radius 2 is 1.54 bits per heavy atom. The number of hydrazine groups is 1. The molecular weight excluding hydrogens is 370 g/mol. The molecule has 3 amide bonds. The number of rotatable bonds is 8. The fraction of sp³-hybridized carbons (Fsp3) is 0.500. The Morgan fingerprint density at radius 3 is 1.96 bits per heavy atom. The highest BCUT2D eigenvalue weighted by atomic mass is 16.5. The first-order chi connectivity index (χ1) is 13.3. The lowest BCUT2D eigenvalue weighted by Crippen LogP contribution is -2.54. The molecule has 1 atom stereocenters. The minimum Gasteiger partial charge on any atom is -0.493 e. The number of ether oxygens (including phenoxy) is 4. The lowest BCUT2D eigenvalue weighted by Gasteiger charge is -2.21.